The number of morpholine rings is 1. The van der Waals surface area contributed by atoms with Gasteiger partial charge < -0.3 is 34.4 Å². The van der Waals surface area contributed by atoms with Crippen LogP contribution in [0.1, 0.15) is 6.42 Å². The minimum absolute atomic E-state index is 0.110. The monoisotopic (exact) mass is 365 g/mol. The Morgan fingerprint density at radius 1 is 1.31 bits per heavy atom. The third kappa shape index (κ3) is 4.70. The molecule has 0 radical (unpaired) electrons. The lowest BCUT2D eigenvalue weighted by molar-refractivity contribution is 0.122. The normalized spacial score (nSPS) is 20.7. The van der Waals surface area contributed by atoms with Crippen molar-refractivity contribution in [2.24, 2.45) is 0 Å². The van der Waals surface area contributed by atoms with Gasteiger partial charge in [-0.3, -0.25) is 0 Å². The van der Waals surface area contributed by atoms with Crippen molar-refractivity contribution < 1.29 is 24.1 Å². The van der Waals surface area contributed by atoms with Crippen LogP contribution >= 0.6 is 0 Å². The SMILES string of the molecule is COc1cc(N2CCOCC2)ccc1OCC[C@@H]1CN(C(=O)O)CCN1. The van der Waals surface area contributed by atoms with E-state index in [0.717, 1.165) is 38.4 Å². The van der Waals surface area contributed by atoms with E-state index in [4.69, 9.17) is 19.3 Å². The Labute approximate surface area is 153 Å². The van der Waals surface area contributed by atoms with E-state index >= 15 is 0 Å². The maximum absolute atomic E-state index is 11.1. The van der Waals surface area contributed by atoms with E-state index in [9.17, 15) is 4.79 Å². The number of hydrogen-bond donors (Lipinski definition) is 2. The molecule has 3 rings (SSSR count). The van der Waals surface area contributed by atoms with Crippen LogP contribution in [0.25, 0.3) is 0 Å². The highest BCUT2D eigenvalue weighted by atomic mass is 16.5. The van der Waals surface area contributed by atoms with Gasteiger partial charge in [-0.05, 0) is 18.6 Å². The maximum Gasteiger partial charge on any atom is 0.407 e. The lowest BCUT2D eigenvalue weighted by atomic mass is 10.1. The van der Waals surface area contributed by atoms with E-state index in [0.29, 0.717) is 37.7 Å². The molecule has 0 spiro atoms. The van der Waals surface area contributed by atoms with Gasteiger partial charge in [-0.2, -0.15) is 0 Å². The molecule has 8 nitrogen and oxygen atoms in total. The van der Waals surface area contributed by atoms with Crippen molar-refractivity contribution in [1.29, 1.82) is 0 Å². The summed E-state index contributed by atoms with van der Waals surface area (Å²) in [5.74, 6) is 1.41. The number of ether oxygens (including phenoxy) is 3. The molecule has 0 aromatic heterocycles. The summed E-state index contributed by atoms with van der Waals surface area (Å²) in [5.41, 5.74) is 1.10. The number of piperazine rings is 1. The molecule has 2 aliphatic rings. The van der Waals surface area contributed by atoms with Crippen molar-refractivity contribution in [3.8, 4) is 11.5 Å². The van der Waals surface area contributed by atoms with Crippen LogP contribution in [-0.4, -0.2) is 81.8 Å². The van der Waals surface area contributed by atoms with Crippen LogP contribution in [0.2, 0.25) is 0 Å². The first-order valence-electron chi connectivity index (χ1n) is 9.02. The summed E-state index contributed by atoms with van der Waals surface area (Å²) in [4.78, 5) is 14.8. The quantitative estimate of drug-likeness (QED) is 0.785. The Morgan fingerprint density at radius 3 is 2.85 bits per heavy atom. The van der Waals surface area contributed by atoms with Crippen LogP contribution in [0, 0.1) is 0 Å². The molecule has 0 bridgehead atoms. The molecule has 2 fully saturated rings. The van der Waals surface area contributed by atoms with Crippen LogP contribution in [-0.2, 0) is 4.74 Å². The summed E-state index contributed by atoms with van der Waals surface area (Å²) < 4.78 is 16.8. The van der Waals surface area contributed by atoms with Gasteiger partial charge in [0.1, 0.15) is 0 Å². The number of rotatable bonds is 6. The van der Waals surface area contributed by atoms with Crippen molar-refractivity contribution in [1.82, 2.24) is 10.2 Å². The summed E-state index contributed by atoms with van der Waals surface area (Å²) in [6.07, 6.45) is -0.129. The van der Waals surface area contributed by atoms with Gasteiger partial charge in [0.25, 0.3) is 0 Å². The second-order valence-corrected chi connectivity index (χ2v) is 6.45. The van der Waals surface area contributed by atoms with Crippen LogP contribution in [0.3, 0.4) is 0 Å². The van der Waals surface area contributed by atoms with E-state index in [-0.39, 0.29) is 6.04 Å². The highest BCUT2D eigenvalue weighted by molar-refractivity contribution is 5.65. The van der Waals surface area contributed by atoms with Gasteiger partial charge in [0.15, 0.2) is 11.5 Å². The number of nitrogens with one attached hydrogen (secondary N) is 1. The number of amides is 1. The largest absolute Gasteiger partial charge is 0.493 e. The smallest absolute Gasteiger partial charge is 0.407 e. The fraction of sp³-hybridized carbons (Fsp3) is 0.611. The second-order valence-electron chi connectivity index (χ2n) is 6.45. The first-order chi connectivity index (χ1) is 12.7. The molecular formula is C18H27N3O5. The molecule has 2 aliphatic heterocycles. The zero-order chi connectivity index (χ0) is 18.4. The van der Waals surface area contributed by atoms with Gasteiger partial charge in [-0.25, -0.2) is 4.79 Å². The third-order valence-corrected chi connectivity index (χ3v) is 4.77. The van der Waals surface area contributed by atoms with E-state index < -0.39 is 6.09 Å². The fourth-order valence-corrected chi connectivity index (χ4v) is 3.30. The molecule has 0 saturated carbocycles. The van der Waals surface area contributed by atoms with E-state index in [1.54, 1.807) is 7.11 Å². The van der Waals surface area contributed by atoms with Crippen molar-refractivity contribution >= 4 is 11.8 Å². The molecular weight excluding hydrogens is 338 g/mol. The standard InChI is InChI=1S/C18H27N3O5/c1-24-17-12-15(20-7-10-25-11-8-20)2-3-16(17)26-9-4-14-13-21(18(22)23)6-5-19-14/h2-3,12,14,19H,4-11,13H2,1H3,(H,22,23)/t14-/m1/s1. The zero-order valence-electron chi connectivity index (χ0n) is 15.1. The third-order valence-electron chi connectivity index (χ3n) is 4.77. The Kier molecular flexibility index (Phi) is 6.40. The predicted molar refractivity (Wildman–Crippen MR) is 97.5 cm³/mol. The van der Waals surface area contributed by atoms with Crippen LogP contribution in [0.4, 0.5) is 10.5 Å². The van der Waals surface area contributed by atoms with Gasteiger partial charge in [0, 0.05) is 50.5 Å². The Bertz CT molecular complexity index is 606. The highest BCUT2D eigenvalue weighted by Crippen LogP contribution is 2.32. The highest BCUT2D eigenvalue weighted by Gasteiger charge is 2.22. The fourth-order valence-electron chi connectivity index (χ4n) is 3.30. The minimum atomic E-state index is -0.863. The maximum atomic E-state index is 11.1. The van der Waals surface area contributed by atoms with Crippen molar-refractivity contribution in [3.05, 3.63) is 18.2 Å². The number of methoxy groups -OCH3 is 1. The predicted octanol–water partition coefficient (Wildman–Crippen LogP) is 1.25. The molecule has 2 N–H and O–H groups in total. The Balaban J connectivity index is 1.53. The summed E-state index contributed by atoms with van der Waals surface area (Å²) in [5, 5.41) is 12.4. The van der Waals surface area contributed by atoms with Gasteiger partial charge in [0.2, 0.25) is 0 Å². The Morgan fingerprint density at radius 2 is 2.12 bits per heavy atom. The summed E-state index contributed by atoms with van der Waals surface area (Å²) >= 11 is 0. The van der Waals surface area contributed by atoms with Crippen LogP contribution in [0.15, 0.2) is 18.2 Å². The number of nitrogens with zero attached hydrogens (tertiary/aromatic N) is 2. The molecule has 26 heavy (non-hydrogen) atoms. The van der Waals surface area contributed by atoms with Crippen molar-refractivity contribution in [3.63, 3.8) is 0 Å². The number of carbonyl (C=O) groups is 1. The van der Waals surface area contributed by atoms with E-state index in [2.05, 4.69) is 10.2 Å². The number of hydrogen-bond acceptors (Lipinski definition) is 6. The zero-order valence-corrected chi connectivity index (χ0v) is 15.1. The molecule has 1 amide bonds. The molecule has 1 aromatic carbocycles. The molecule has 8 heteroatoms. The van der Waals surface area contributed by atoms with Gasteiger partial charge >= 0.3 is 6.09 Å². The first-order valence-corrected chi connectivity index (χ1v) is 9.02. The molecule has 0 aliphatic carbocycles. The molecule has 2 heterocycles. The number of anilines is 1. The van der Waals surface area contributed by atoms with Crippen molar-refractivity contribution in [2.45, 2.75) is 12.5 Å². The van der Waals surface area contributed by atoms with E-state index in [1.165, 1.54) is 4.90 Å². The molecule has 1 atom stereocenters. The summed E-state index contributed by atoms with van der Waals surface area (Å²) in [6.45, 7) is 5.42. The van der Waals surface area contributed by atoms with Gasteiger partial charge in [-0.1, -0.05) is 0 Å². The summed E-state index contributed by atoms with van der Waals surface area (Å²) in [6, 6.07) is 6.07. The molecule has 0 unspecified atom stereocenters. The molecule has 1 aromatic rings. The van der Waals surface area contributed by atoms with Gasteiger partial charge in [-0.15, -0.1) is 0 Å². The number of carboxylic acid groups (broad SMARTS) is 1. The van der Waals surface area contributed by atoms with Gasteiger partial charge in [0.05, 0.1) is 26.9 Å². The Hall–Kier alpha value is -2.19. The van der Waals surface area contributed by atoms with Crippen LogP contribution in [0.5, 0.6) is 11.5 Å². The minimum Gasteiger partial charge on any atom is -0.493 e. The molecule has 2 saturated heterocycles. The summed E-state index contributed by atoms with van der Waals surface area (Å²) in [7, 11) is 1.64. The lowest BCUT2D eigenvalue weighted by Crippen LogP contribution is -2.52. The second kappa shape index (κ2) is 8.95. The average Bonchev–Trinajstić information content (AvgIpc) is 2.69. The van der Waals surface area contributed by atoms with Crippen LogP contribution < -0.4 is 19.7 Å². The first kappa shape index (κ1) is 18.6. The lowest BCUT2D eigenvalue weighted by Gasteiger charge is -2.31. The van der Waals surface area contributed by atoms with Crippen molar-refractivity contribution in [2.75, 3.05) is 64.6 Å². The average molecular weight is 365 g/mol. The molecule has 144 valence electrons. The van der Waals surface area contributed by atoms with E-state index in [1.807, 2.05) is 18.2 Å². The number of benzene rings is 1. The topological polar surface area (TPSA) is 83.5 Å².